The lowest BCUT2D eigenvalue weighted by molar-refractivity contribution is 0.208. The molecule has 2 rings (SSSR count). The highest BCUT2D eigenvalue weighted by molar-refractivity contribution is 14.1. The number of hydrogen-bond acceptors (Lipinski definition) is 2. The van der Waals surface area contributed by atoms with Gasteiger partial charge in [-0.15, -0.1) is 0 Å². The number of nitrogens with zero attached hydrogens (tertiary/aromatic N) is 1. The lowest BCUT2D eigenvalue weighted by Gasteiger charge is -2.33. The van der Waals surface area contributed by atoms with E-state index in [1.54, 1.807) is 6.07 Å². The van der Waals surface area contributed by atoms with Gasteiger partial charge in [0.1, 0.15) is 5.82 Å². The summed E-state index contributed by atoms with van der Waals surface area (Å²) in [6.07, 6.45) is 2.48. The van der Waals surface area contributed by atoms with Crippen LogP contribution >= 0.6 is 22.6 Å². The Balaban J connectivity index is 1.96. The van der Waals surface area contributed by atoms with Crippen molar-refractivity contribution >= 4 is 28.3 Å². The summed E-state index contributed by atoms with van der Waals surface area (Å²) in [6, 6.07) is 5.37. The summed E-state index contributed by atoms with van der Waals surface area (Å²) >= 11 is 2.18. The van der Waals surface area contributed by atoms with Crippen LogP contribution in [0, 0.1) is 15.3 Å². The Morgan fingerprint density at radius 1 is 1.39 bits per heavy atom. The van der Waals surface area contributed by atoms with Crippen molar-refractivity contribution < 1.29 is 4.39 Å². The Labute approximate surface area is 122 Å². The molecule has 1 aliphatic rings. The van der Waals surface area contributed by atoms with E-state index in [2.05, 4.69) is 46.8 Å². The third kappa shape index (κ3) is 3.57. The highest BCUT2D eigenvalue weighted by Crippen LogP contribution is 2.25. The number of piperidine rings is 1. The normalized spacial score (nSPS) is 19.8. The lowest BCUT2D eigenvalue weighted by Crippen LogP contribution is -2.37. The van der Waals surface area contributed by atoms with Gasteiger partial charge >= 0.3 is 0 Å². The maximum Gasteiger partial charge on any atom is 0.124 e. The highest BCUT2D eigenvalue weighted by Gasteiger charge is 2.22. The summed E-state index contributed by atoms with van der Waals surface area (Å²) in [7, 11) is 2.18. The van der Waals surface area contributed by atoms with Crippen LogP contribution in [0.15, 0.2) is 18.2 Å². The van der Waals surface area contributed by atoms with Crippen molar-refractivity contribution in [2.75, 3.05) is 25.5 Å². The van der Waals surface area contributed by atoms with Gasteiger partial charge in [0.15, 0.2) is 0 Å². The highest BCUT2D eigenvalue weighted by atomic mass is 127. The van der Waals surface area contributed by atoms with Crippen LogP contribution in [0.2, 0.25) is 0 Å². The molecule has 4 heteroatoms. The van der Waals surface area contributed by atoms with E-state index in [1.807, 2.05) is 6.07 Å². The molecule has 1 aromatic carbocycles. The summed E-state index contributed by atoms with van der Waals surface area (Å²) in [4.78, 5) is 2.38. The zero-order valence-corrected chi connectivity index (χ0v) is 13.1. The molecule has 0 saturated carbocycles. The summed E-state index contributed by atoms with van der Waals surface area (Å²) in [5.41, 5.74) is 1.04. The van der Waals surface area contributed by atoms with Gasteiger partial charge in [0.2, 0.25) is 0 Å². The minimum absolute atomic E-state index is 0.170. The summed E-state index contributed by atoms with van der Waals surface area (Å²) < 4.78 is 14.0. The van der Waals surface area contributed by atoms with E-state index in [4.69, 9.17) is 0 Å². The van der Waals surface area contributed by atoms with E-state index in [0.717, 1.165) is 9.26 Å². The zero-order valence-electron chi connectivity index (χ0n) is 10.9. The molecule has 0 aliphatic carbocycles. The second-order valence-corrected chi connectivity index (χ2v) is 6.36. The second-order valence-electron chi connectivity index (χ2n) is 5.20. The van der Waals surface area contributed by atoms with Gasteiger partial charge in [0, 0.05) is 15.3 Å². The van der Waals surface area contributed by atoms with E-state index in [0.29, 0.717) is 12.0 Å². The van der Waals surface area contributed by atoms with Crippen LogP contribution in [0.25, 0.3) is 0 Å². The topological polar surface area (TPSA) is 15.3 Å². The van der Waals surface area contributed by atoms with E-state index in [-0.39, 0.29) is 5.82 Å². The maximum atomic E-state index is 13.0. The van der Waals surface area contributed by atoms with Crippen molar-refractivity contribution in [3.8, 4) is 0 Å². The first-order chi connectivity index (χ1) is 8.56. The molecule has 0 aromatic heterocycles. The maximum absolute atomic E-state index is 13.0. The molecule has 0 bridgehead atoms. The van der Waals surface area contributed by atoms with E-state index >= 15 is 0 Å². The van der Waals surface area contributed by atoms with Crippen molar-refractivity contribution in [1.29, 1.82) is 0 Å². The molecule has 0 amide bonds. The van der Waals surface area contributed by atoms with E-state index in [1.165, 1.54) is 32.0 Å². The van der Waals surface area contributed by atoms with Crippen molar-refractivity contribution in [1.82, 2.24) is 4.90 Å². The van der Waals surface area contributed by atoms with Crippen LogP contribution in [0.3, 0.4) is 0 Å². The average molecular weight is 362 g/mol. The molecule has 1 aliphatic heterocycles. The number of likely N-dealkylation sites (tertiary alicyclic amines) is 1. The number of halogens is 2. The molecule has 1 N–H and O–H groups in total. The average Bonchev–Trinajstić information content (AvgIpc) is 2.33. The largest absolute Gasteiger partial charge is 0.381 e. The molecule has 0 radical (unpaired) electrons. The third-order valence-corrected chi connectivity index (χ3v) is 4.68. The summed E-state index contributed by atoms with van der Waals surface area (Å²) in [5, 5.41) is 3.53. The molecular formula is C14H20FIN2. The fourth-order valence-electron chi connectivity index (χ4n) is 2.50. The molecule has 1 atom stereocenters. The first-order valence-corrected chi connectivity index (χ1v) is 7.54. The summed E-state index contributed by atoms with van der Waals surface area (Å²) in [5.74, 6) is 0.541. The second kappa shape index (κ2) is 6.19. The van der Waals surface area contributed by atoms with Crippen LogP contribution in [0.1, 0.15) is 19.8 Å². The van der Waals surface area contributed by atoms with Crippen LogP contribution < -0.4 is 5.32 Å². The van der Waals surface area contributed by atoms with Crippen LogP contribution in [0.5, 0.6) is 0 Å². The van der Waals surface area contributed by atoms with Crippen molar-refractivity contribution in [3.63, 3.8) is 0 Å². The lowest BCUT2D eigenvalue weighted by atomic mass is 9.90. The molecule has 1 fully saturated rings. The predicted molar refractivity (Wildman–Crippen MR) is 82.4 cm³/mol. The number of anilines is 1. The molecule has 1 unspecified atom stereocenters. The Kier molecular flexibility index (Phi) is 4.84. The van der Waals surface area contributed by atoms with Gasteiger partial charge in [0.05, 0.1) is 0 Å². The van der Waals surface area contributed by atoms with Gasteiger partial charge in [0.25, 0.3) is 0 Å². The predicted octanol–water partition coefficient (Wildman–Crippen LogP) is 3.57. The summed E-state index contributed by atoms with van der Waals surface area (Å²) in [6.45, 7) is 4.59. The molecule has 1 heterocycles. The first kappa shape index (κ1) is 14.1. The van der Waals surface area contributed by atoms with E-state index < -0.39 is 0 Å². The van der Waals surface area contributed by atoms with Gasteiger partial charge in [-0.05, 0) is 86.6 Å². The number of rotatable bonds is 3. The number of hydrogen-bond donors (Lipinski definition) is 1. The number of benzene rings is 1. The van der Waals surface area contributed by atoms with Crippen LogP contribution in [0.4, 0.5) is 10.1 Å². The van der Waals surface area contributed by atoms with Gasteiger partial charge < -0.3 is 10.2 Å². The van der Waals surface area contributed by atoms with Gasteiger partial charge in [-0.1, -0.05) is 0 Å². The zero-order chi connectivity index (χ0) is 13.1. The Hall–Kier alpha value is -0.360. The molecule has 0 spiro atoms. The van der Waals surface area contributed by atoms with E-state index in [9.17, 15) is 4.39 Å². The Morgan fingerprint density at radius 2 is 2.06 bits per heavy atom. The first-order valence-electron chi connectivity index (χ1n) is 6.46. The molecule has 1 aromatic rings. The minimum Gasteiger partial charge on any atom is -0.381 e. The third-order valence-electron chi connectivity index (χ3n) is 3.78. The van der Waals surface area contributed by atoms with Crippen molar-refractivity contribution in [2.45, 2.75) is 25.8 Å². The molecule has 2 nitrogen and oxygen atoms in total. The SMILES string of the molecule is CC(Nc1ccc(F)cc1I)C1CCN(C)CC1. The molecule has 1 saturated heterocycles. The fraction of sp³-hybridized carbons (Fsp3) is 0.571. The van der Waals surface area contributed by atoms with Gasteiger partial charge in [-0.2, -0.15) is 0 Å². The number of nitrogens with one attached hydrogen (secondary N) is 1. The minimum atomic E-state index is -0.170. The Morgan fingerprint density at radius 3 is 2.67 bits per heavy atom. The molecule has 18 heavy (non-hydrogen) atoms. The van der Waals surface area contributed by atoms with Crippen molar-refractivity contribution in [2.24, 2.45) is 5.92 Å². The molecular weight excluding hydrogens is 342 g/mol. The van der Waals surface area contributed by atoms with Crippen molar-refractivity contribution in [3.05, 3.63) is 27.6 Å². The van der Waals surface area contributed by atoms with Gasteiger partial charge in [-0.3, -0.25) is 0 Å². The Bertz CT molecular complexity index is 403. The smallest absolute Gasteiger partial charge is 0.124 e. The fourth-order valence-corrected chi connectivity index (χ4v) is 3.13. The van der Waals surface area contributed by atoms with Gasteiger partial charge in [-0.25, -0.2) is 4.39 Å². The quantitative estimate of drug-likeness (QED) is 0.827. The monoisotopic (exact) mass is 362 g/mol. The van der Waals surface area contributed by atoms with Crippen LogP contribution in [-0.4, -0.2) is 31.1 Å². The van der Waals surface area contributed by atoms with Crippen LogP contribution in [-0.2, 0) is 0 Å². The molecule has 100 valence electrons. The standard InChI is InChI=1S/C14H20FIN2/c1-10(11-5-7-18(2)8-6-11)17-14-4-3-12(15)9-13(14)16/h3-4,9-11,17H,5-8H2,1-2H3.